The van der Waals surface area contributed by atoms with Crippen LogP contribution in [0.3, 0.4) is 0 Å². The predicted octanol–water partition coefficient (Wildman–Crippen LogP) is 2.84. The molecule has 0 bridgehead atoms. The van der Waals surface area contributed by atoms with Crippen LogP contribution in [0, 0.1) is 0 Å². The molecular weight excluding hydrogens is 503 g/mol. The number of hydrogen-bond acceptors (Lipinski definition) is 6. The van der Waals surface area contributed by atoms with Crippen LogP contribution in [0.2, 0.25) is 0 Å². The maximum absolute atomic E-state index is 4.80. The molecule has 1 fully saturated rings. The maximum Gasteiger partial charge on any atom is 0.225 e. The smallest absolute Gasteiger partial charge is 0.225 e. The van der Waals surface area contributed by atoms with Gasteiger partial charge in [0.1, 0.15) is 5.82 Å². The van der Waals surface area contributed by atoms with Gasteiger partial charge in [-0.25, -0.2) is 15.0 Å². The Balaban J connectivity index is 0.00000272. The third-order valence-electron chi connectivity index (χ3n) is 5.03. The van der Waals surface area contributed by atoms with Crippen LogP contribution < -0.4 is 15.5 Å². The molecule has 1 aromatic carbocycles. The van der Waals surface area contributed by atoms with Gasteiger partial charge in [0.05, 0.1) is 12.1 Å². The minimum Gasteiger partial charge on any atom is -0.368 e. The second-order valence-electron chi connectivity index (χ2n) is 7.07. The molecule has 0 spiro atoms. The van der Waals surface area contributed by atoms with E-state index in [9.17, 15) is 0 Å². The van der Waals surface area contributed by atoms with Crippen LogP contribution in [0.25, 0.3) is 10.9 Å². The molecule has 0 amide bonds. The van der Waals surface area contributed by atoms with Gasteiger partial charge in [-0.15, -0.1) is 24.0 Å². The first-order valence-electron chi connectivity index (χ1n) is 10.5. The van der Waals surface area contributed by atoms with E-state index in [2.05, 4.69) is 54.4 Å². The number of aliphatic imine (C=N–C) groups is 1. The maximum atomic E-state index is 4.80. The standard InChI is InChI=1S/C22H28N8.HI/c1-2-23-21(29-14-16-30(17-15-29)22-25-10-5-11-26-22)27-13-12-24-20-9-8-18-6-3-4-7-19(18)28-20;/h3-11H,2,12-17H2,1H3,(H,23,27)(H,24,28);1H. The minimum absolute atomic E-state index is 0. The summed E-state index contributed by atoms with van der Waals surface area (Å²) in [5, 5.41) is 7.94. The first-order valence-corrected chi connectivity index (χ1v) is 10.5. The van der Waals surface area contributed by atoms with Gasteiger partial charge in [0.15, 0.2) is 5.96 Å². The Labute approximate surface area is 200 Å². The molecule has 164 valence electrons. The zero-order chi connectivity index (χ0) is 20.6. The van der Waals surface area contributed by atoms with Gasteiger partial charge in [-0.2, -0.15) is 0 Å². The predicted molar refractivity (Wildman–Crippen MR) is 137 cm³/mol. The number of para-hydroxylation sites is 1. The number of aromatic nitrogens is 3. The lowest BCUT2D eigenvalue weighted by Crippen LogP contribution is -2.53. The van der Waals surface area contributed by atoms with Crippen LogP contribution in [0.5, 0.6) is 0 Å². The topological polar surface area (TPSA) is 81.6 Å². The lowest BCUT2D eigenvalue weighted by Gasteiger charge is -2.36. The van der Waals surface area contributed by atoms with Crippen LogP contribution >= 0.6 is 24.0 Å². The molecule has 2 aromatic heterocycles. The summed E-state index contributed by atoms with van der Waals surface area (Å²) in [7, 11) is 0. The van der Waals surface area contributed by atoms with E-state index < -0.39 is 0 Å². The number of benzene rings is 1. The summed E-state index contributed by atoms with van der Waals surface area (Å²) < 4.78 is 0. The van der Waals surface area contributed by atoms with Crippen LogP contribution in [0.1, 0.15) is 6.92 Å². The van der Waals surface area contributed by atoms with Crippen molar-refractivity contribution >= 4 is 52.6 Å². The van der Waals surface area contributed by atoms with Crippen molar-refractivity contribution in [3.05, 3.63) is 54.9 Å². The SMILES string of the molecule is CCNC(=NCCNc1ccc2ccccc2n1)N1CCN(c2ncccn2)CC1.I. The Morgan fingerprint density at radius 3 is 2.55 bits per heavy atom. The Morgan fingerprint density at radius 2 is 1.77 bits per heavy atom. The molecule has 3 aromatic rings. The van der Waals surface area contributed by atoms with Gasteiger partial charge < -0.3 is 20.4 Å². The summed E-state index contributed by atoms with van der Waals surface area (Å²) >= 11 is 0. The normalized spacial score (nSPS) is 14.3. The summed E-state index contributed by atoms with van der Waals surface area (Å²) in [6, 6.07) is 14.1. The van der Waals surface area contributed by atoms with Gasteiger partial charge in [-0.3, -0.25) is 4.99 Å². The van der Waals surface area contributed by atoms with Crippen LogP contribution in [0.15, 0.2) is 59.9 Å². The number of nitrogens with one attached hydrogen (secondary N) is 2. The number of piperazine rings is 1. The number of fused-ring (bicyclic) bond motifs is 1. The van der Waals surface area contributed by atoms with E-state index in [1.807, 2.05) is 30.3 Å². The van der Waals surface area contributed by atoms with Gasteiger partial charge in [0.25, 0.3) is 0 Å². The van der Waals surface area contributed by atoms with E-state index in [0.717, 1.165) is 67.9 Å². The Kier molecular flexibility index (Phi) is 8.63. The van der Waals surface area contributed by atoms with Crippen molar-refractivity contribution in [2.75, 3.05) is 56.0 Å². The van der Waals surface area contributed by atoms with Gasteiger partial charge in [0.2, 0.25) is 5.95 Å². The van der Waals surface area contributed by atoms with Crippen molar-refractivity contribution in [3.63, 3.8) is 0 Å². The minimum atomic E-state index is 0. The zero-order valence-corrected chi connectivity index (χ0v) is 20.1. The molecule has 4 rings (SSSR count). The third-order valence-corrected chi connectivity index (χ3v) is 5.03. The fourth-order valence-corrected chi connectivity index (χ4v) is 3.51. The van der Waals surface area contributed by atoms with Crippen molar-refractivity contribution in [2.45, 2.75) is 6.92 Å². The molecule has 1 aliphatic heterocycles. The Hall–Kier alpha value is -2.69. The third kappa shape index (κ3) is 6.16. The van der Waals surface area contributed by atoms with Crippen LogP contribution in [0.4, 0.5) is 11.8 Å². The first-order chi connectivity index (χ1) is 14.8. The average molecular weight is 532 g/mol. The van der Waals surface area contributed by atoms with Gasteiger partial charge in [-0.1, -0.05) is 18.2 Å². The number of guanidine groups is 1. The molecule has 0 aliphatic carbocycles. The van der Waals surface area contributed by atoms with E-state index in [-0.39, 0.29) is 24.0 Å². The number of hydrogen-bond donors (Lipinski definition) is 2. The Bertz CT molecular complexity index is 973. The molecule has 2 N–H and O–H groups in total. The second kappa shape index (κ2) is 11.6. The van der Waals surface area contributed by atoms with E-state index in [0.29, 0.717) is 6.54 Å². The highest BCUT2D eigenvalue weighted by Gasteiger charge is 2.20. The van der Waals surface area contributed by atoms with E-state index >= 15 is 0 Å². The molecule has 0 atom stereocenters. The molecule has 1 saturated heterocycles. The molecule has 0 radical (unpaired) electrons. The fourth-order valence-electron chi connectivity index (χ4n) is 3.51. The monoisotopic (exact) mass is 532 g/mol. The molecule has 0 unspecified atom stereocenters. The van der Waals surface area contributed by atoms with E-state index in [1.165, 1.54) is 0 Å². The molecule has 8 nitrogen and oxygen atoms in total. The van der Waals surface area contributed by atoms with Crippen molar-refractivity contribution in [2.24, 2.45) is 4.99 Å². The van der Waals surface area contributed by atoms with Gasteiger partial charge in [0, 0.05) is 57.0 Å². The summed E-state index contributed by atoms with van der Waals surface area (Å²) in [6.07, 6.45) is 3.58. The molecule has 31 heavy (non-hydrogen) atoms. The lowest BCUT2D eigenvalue weighted by atomic mass is 10.2. The number of anilines is 2. The quantitative estimate of drug-likeness (QED) is 0.219. The summed E-state index contributed by atoms with van der Waals surface area (Å²) in [5.74, 6) is 2.64. The molecule has 3 heterocycles. The van der Waals surface area contributed by atoms with Crippen molar-refractivity contribution < 1.29 is 0 Å². The molecular formula is C22H29IN8. The number of rotatable bonds is 6. The molecule has 0 saturated carbocycles. The molecule has 9 heteroatoms. The van der Waals surface area contributed by atoms with E-state index in [1.54, 1.807) is 12.4 Å². The number of halogens is 1. The summed E-state index contributed by atoms with van der Waals surface area (Å²) in [5.41, 5.74) is 1.000. The summed E-state index contributed by atoms with van der Waals surface area (Å²) in [6.45, 7) is 7.91. The summed E-state index contributed by atoms with van der Waals surface area (Å²) in [4.78, 5) is 22.7. The van der Waals surface area contributed by atoms with Crippen molar-refractivity contribution in [1.29, 1.82) is 0 Å². The highest BCUT2D eigenvalue weighted by atomic mass is 127. The average Bonchev–Trinajstić information content (AvgIpc) is 2.82. The highest BCUT2D eigenvalue weighted by molar-refractivity contribution is 14.0. The zero-order valence-electron chi connectivity index (χ0n) is 17.7. The van der Waals surface area contributed by atoms with Gasteiger partial charge >= 0.3 is 0 Å². The van der Waals surface area contributed by atoms with Gasteiger partial charge in [-0.05, 0) is 31.2 Å². The highest BCUT2D eigenvalue weighted by Crippen LogP contribution is 2.14. The second-order valence-corrected chi connectivity index (χ2v) is 7.07. The van der Waals surface area contributed by atoms with Crippen LogP contribution in [-0.2, 0) is 0 Å². The fraction of sp³-hybridized carbons (Fsp3) is 0.364. The first kappa shape index (κ1) is 23.0. The van der Waals surface area contributed by atoms with E-state index in [4.69, 9.17) is 4.99 Å². The number of nitrogens with zero attached hydrogens (tertiary/aromatic N) is 6. The number of pyridine rings is 1. The largest absolute Gasteiger partial charge is 0.368 e. The van der Waals surface area contributed by atoms with Crippen molar-refractivity contribution in [3.8, 4) is 0 Å². The van der Waals surface area contributed by atoms with Crippen molar-refractivity contribution in [1.82, 2.24) is 25.2 Å². The van der Waals surface area contributed by atoms with Crippen LogP contribution in [-0.4, -0.2) is 71.6 Å². The lowest BCUT2D eigenvalue weighted by molar-refractivity contribution is 0.370. The Morgan fingerprint density at radius 1 is 1.00 bits per heavy atom. The molecule has 1 aliphatic rings.